The molecule has 1 saturated carbocycles. The van der Waals surface area contributed by atoms with Crippen LogP contribution in [0.15, 0.2) is 72.8 Å². The summed E-state index contributed by atoms with van der Waals surface area (Å²) in [5.41, 5.74) is 2.92. The lowest BCUT2D eigenvalue weighted by molar-refractivity contribution is -0.141. The number of benzene rings is 3. The summed E-state index contributed by atoms with van der Waals surface area (Å²) in [5, 5.41) is 3.26. The summed E-state index contributed by atoms with van der Waals surface area (Å²) in [7, 11) is 1.63. The average Bonchev–Trinajstić information content (AvgIpc) is 3.66. The molecule has 0 bridgehead atoms. The first-order chi connectivity index (χ1) is 19.1. The number of ether oxygens (including phenoxy) is 3. The summed E-state index contributed by atoms with van der Waals surface area (Å²) in [6, 6.07) is 22.9. The molecular weight excluding hydrogens is 492 g/mol. The van der Waals surface area contributed by atoms with Crippen molar-refractivity contribution in [2.24, 2.45) is 0 Å². The second-order valence-electron chi connectivity index (χ2n) is 10.3. The second-order valence-corrected chi connectivity index (χ2v) is 10.3. The minimum absolute atomic E-state index is 0.0713. The highest BCUT2D eigenvalue weighted by atomic mass is 16.7. The topological polar surface area (TPSA) is 77.1 Å². The molecule has 1 aliphatic carbocycles. The van der Waals surface area contributed by atoms with Gasteiger partial charge in [0.05, 0.1) is 7.11 Å². The smallest absolute Gasteiger partial charge is 0.243 e. The minimum atomic E-state index is -0.636. The summed E-state index contributed by atoms with van der Waals surface area (Å²) < 4.78 is 16.4. The van der Waals surface area contributed by atoms with Crippen LogP contribution in [0.3, 0.4) is 0 Å². The normalized spacial score (nSPS) is 15.1. The Balaban J connectivity index is 1.41. The minimum Gasteiger partial charge on any atom is -0.497 e. The third kappa shape index (κ3) is 6.91. The highest BCUT2D eigenvalue weighted by Crippen LogP contribution is 2.33. The van der Waals surface area contributed by atoms with E-state index in [-0.39, 0.29) is 31.1 Å². The van der Waals surface area contributed by atoms with Gasteiger partial charge in [-0.1, -0.05) is 61.4 Å². The van der Waals surface area contributed by atoms with Gasteiger partial charge in [0.15, 0.2) is 11.5 Å². The lowest BCUT2D eigenvalue weighted by Gasteiger charge is -2.32. The Morgan fingerprint density at radius 2 is 1.69 bits per heavy atom. The van der Waals surface area contributed by atoms with Gasteiger partial charge in [-0.05, 0) is 60.2 Å². The number of amides is 2. The van der Waals surface area contributed by atoms with Gasteiger partial charge in [0.25, 0.3) is 0 Å². The predicted octanol–water partition coefficient (Wildman–Crippen LogP) is 5.06. The first-order valence-corrected chi connectivity index (χ1v) is 13.7. The van der Waals surface area contributed by atoms with Crippen molar-refractivity contribution in [2.45, 2.75) is 63.6 Å². The summed E-state index contributed by atoms with van der Waals surface area (Å²) in [5.74, 6) is 1.97. The van der Waals surface area contributed by atoms with E-state index in [1.807, 2.05) is 72.8 Å². The molecule has 2 amide bonds. The molecule has 204 valence electrons. The van der Waals surface area contributed by atoms with Crippen molar-refractivity contribution >= 4 is 11.8 Å². The van der Waals surface area contributed by atoms with Gasteiger partial charge in [0, 0.05) is 25.4 Å². The molecule has 0 radical (unpaired) electrons. The molecule has 1 N–H and O–H groups in total. The quantitative estimate of drug-likeness (QED) is 0.377. The fourth-order valence-corrected chi connectivity index (χ4v) is 5.38. The predicted molar refractivity (Wildman–Crippen MR) is 149 cm³/mol. The monoisotopic (exact) mass is 528 g/mol. The Morgan fingerprint density at radius 3 is 2.49 bits per heavy atom. The first kappa shape index (κ1) is 26.6. The zero-order valence-electron chi connectivity index (χ0n) is 22.4. The molecule has 1 atom stereocenters. The fourth-order valence-electron chi connectivity index (χ4n) is 5.38. The van der Waals surface area contributed by atoms with Crippen LogP contribution >= 0.6 is 0 Å². The van der Waals surface area contributed by atoms with Crippen LogP contribution in [0.25, 0.3) is 0 Å². The second kappa shape index (κ2) is 12.7. The molecule has 3 aromatic rings. The number of hydrogen-bond acceptors (Lipinski definition) is 5. The molecule has 2 aliphatic rings. The van der Waals surface area contributed by atoms with Crippen molar-refractivity contribution in [1.82, 2.24) is 10.2 Å². The molecule has 1 fully saturated rings. The Bertz CT molecular complexity index is 1270. The number of nitrogens with one attached hydrogen (secondary N) is 1. The lowest BCUT2D eigenvalue weighted by Crippen LogP contribution is -2.52. The van der Waals surface area contributed by atoms with Gasteiger partial charge >= 0.3 is 0 Å². The summed E-state index contributed by atoms with van der Waals surface area (Å²) in [4.78, 5) is 29.5. The van der Waals surface area contributed by atoms with Crippen molar-refractivity contribution in [3.8, 4) is 17.2 Å². The van der Waals surface area contributed by atoms with Crippen LogP contribution in [-0.2, 0) is 29.0 Å². The molecular formula is C32H36N2O5. The fraction of sp³-hybridized carbons (Fsp3) is 0.375. The van der Waals surface area contributed by atoms with E-state index in [1.165, 1.54) is 0 Å². The largest absolute Gasteiger partial charge is 0.497 e. The number of hydrogen-bond donors (Lipinski definition) is 1. The van der Waals surface area contributed by atoms with Crippen LogP contribution in [0.2, 0.25) is 0 Å². The molecule has 7 heteroatoms. The molecule has 3 aromatic carbocycles. The highest BCUT2D eigenvalue weighted by Gasteiger charge is 2.32. The Labute approximate surface area is 230 Å². The van der Waals surface area contributed by atoms with E-state index in [4.69, 9.17) is 14.2 Å². The highest BCUT2D eigenvalue weighted by molar-refractivity contribution is 5.88. The van der Waals surface area contributed by atoms with Gasteiger partial charge in [-0.2, -0.15) is 0 Å². The van der Waals surface area contributed by atoms with Gasteiger partial charge < -0.3 is 24.4 Å². The van der Waals surface area contributed by atoms with E-state index in [9.17, 15) is 9.59 Å². The number of nitrogens with zero attached hydrogens (tertiary/aromatic N) is 1. The molecule has 5 rings (SSSR count). The number of carbonyl (C=O) groups excluding carboxylic acids is 2. The van der Waals surface area contributed by atoms with Gasteiger partial charge in [-0.25, -0.2) is 0 Å². The Kier molecular flexibility index (Phi) is 8.66. The standard InChI is InChI=1S/C32H36N2O5/c1-37-27-13-7-10-25(18-27)21-34(31(35)17-15-24-14-16-29-30(20-24)39-22-38-29)28(19-23-8-3-2-4-9-23)32(36)33-26-11-5-6-12-26/h2-4,7-10,13-14,16,18,20,26,28H,5-6,11-12,15,17,19,21-22H2,1H3,(H,33,36). The third-order valence-corrected chi connectivity index (χ3v) is 7.52. The zero-order valence-corrected chi connectivity index (χ0v) is 22.4. The van der Waals surface area contributed by atoms with Crippen molar-refractivity contribution in [2.75, 3.05) is 13.9 Å². The Hall–Kier alpha value is -4.00. The average molecular weight is 529 g/mol. The number of fused-ring (bicyclic) bond motifs is 1. The number of methoxy groups -OCH3 is 1. The van der Waals surface area contributed by atoms with Crippen molar-refractivity contribution in [1.29, 1.82) is 0 Å². The van der Waals surface area contributed by atoms with Gasteiger partial charge in [-0.3, -0.25) is 9.59 Å². The van der Waals surface area contributed by atoms with E-state index < -0.39 is 6.04 Å². The van der Waals surface area contributed by atoms with Crippen LogP contribution in [0, 0.1) is 0 Å². The molecule has 7 nitrogen and oxygen atoms in total. The molecule has 1 unspecified atom stereocenters. The molecule has 0 spiro atoms. The SMILES string of the molecule is COc1cccc(CN(C(=O)CCc2ccc3c(c2)OCO3)C(Cc2ccccc2)C(=O)NC2CCCC2)c1. The van der Waals surface area contributed by atoms with Gasteiger partial charge in [0.2, 0.25) is 18.6 Å². The number of carbonyl (C=O) groups is 2. The summed E-state index contributed by atoms with van der Waals surface area (Å²) in [6.07, 6.45) is 5.46. The molecule has 0 saturated heterocycles. The Morgan fingerprint density at radius 1 is 0.923 bits per heavy atom. The third-order valence-electron chi connectivity index (χ3n) is 7.52. The van der Waals surface area contributed by atoms with E-state index >= 15 is 0 Å². The van der Waals surface area contributed by atoms with Crippen LogP contribution in [-0.4, -0.2) is 42.7 Å². The molecule has 1 heterocycles. The van der Waals surface area contributed by atoms with E-state index in [0.29, 0.717) is 25.1 Å². The number of aryl methyl sites for hydroxylation is 1. The van der Waals surface area contributed by atoms with Crippen LogP contribution in [0.4, 0.5) is 0 Å². The van der Waals surface area contributed by atoms with E-state index in [0.717, 1.165) is 53.9 Å². The first-order valence-electron chi connectivity index (χ1n) is 13.7. The summed E-state index contributed by atoms with van der Waals surface area (Å²) in [6.45, 7) is 0.524. The molecule has 1 aliphatic heterocycles. The van der Waals surface area contributed by atoms with Gasteiger partial charge in [-0.15, -0.1) is 0 Å². The van der Waals surface area contributed by atoms with Crippen molar-refractivity contribution in [3.63, 3.8) is 0 Å². The molecule has 0 aromatic heterocycles. The maximum absolute atomic E-state index is 13.9. The summed E-state index contributed by atoms with van der Waals surface area (Å²) >= 11 is 0. The van der Waals surface area contributed by atoms with Crippen LogP contribution in [0.5, 0.6) is 17.2 Å². The maximum atomic E-state index is 13.9. The van der Waals surface area contributed by atoms with Crippen molar-refractivity contribution in [3.05, 3.63) is 89.5 Å². The lowest BCUT2D eigenvalue weighted by atomic mass is 10.0. The van der Waals surface area contributed by atoms with Crippen LogP contribution in [0.1, 0.15) is 48.8 Å². The van der Waals surface area contributed by atoms with Crippen molar-refractivity contribution < 1.29 is 23.8 Å². The van der Waals surface area contributed by atoms with Crippen LogP contribution < -0.4 is 19.5 Å². The number of rotatable bonds is 11. The molecule has 39 heavy (non-hydrogen) atoms. The van der Waals surface area contributed by atoms with Gasteiger partial charge in [0.1, 0.15) is 11.8 Å². The van der Waals surface area contributed by atoms with E-state index in [1.54, 1.807) is 12.0 Å². The van der Waals surface area contributed by atoms with E-state index in [2.05, 4.69) is 5.32 Å². The maximum Gasteiger partial charge on any atom is 0.243 e. The zero-order chi connectivity index (χ0) is 27.0.